The van der Waals surface area contributed by atoms with Crippen LogP contribution in [0.5, 0.6) is 0 Å². The van der Waals surface area contributed by atoms with Gasteiger partial charge >= 0.3 is 0 Å². The monoisotopic (exact) mass is 227 g/mol. The fraction of sp³-hybridized carbons (Fsp3) is 0.636. The van der Waals surface area contributed by atoms with E-state index >= 15 is 0 Å². The molecule has 0 aromatic carbocycles. The topological polar surface area (TPSA) is 45.4 Å². The van der Waals surface area contributed by atoms with E-state index in [4.69, 9.17) is 9.52 Å². The van der Waals surface area contributed by atoms with Crippen LogP contribution >= 0.6 is 11.8 Å². The number of hydrogen-bond acceptors (Lipinski definition) is 4. The lowest BCUT2D eigenvalue weighted by atomic mass is 10.4. The van der Waals surface area contributed by atoms with Gasteiger partial charge in [0.15, 0.2) is 0 Å². The molecule has 1 heterocycles. The lowest BCUT2D eigenvalue weighted by molar-refractivity contribution is 0.243. The van der Waals surface area contributed by atoms with Crippen molar-refractivity contribution in [3.8, 4) is 0 Å². The average molecular weight is 227 g/mol. The van der Waals surface area contributed by atoms with Crippen LogP contribution in [0.4, 0.5) is 0 Å². The maximum absolute atomic E-state index is 8.84. The van der Waals surface area contributed by atoms with E-state index < -0.39 is 0 Å². The molecule has 84 valence electrons. The third-order valence-corrected chi connectivity index (χ3v) is 4.28. The van der Waals surface area contributed by atoms with Crippen molar-refractivity contribution in [2.45, 2.75) is 30.7 Å². The molecular weight excluding hydrogens is 210 g/mol. The summed E-state index contributed by atoms with van der Waals surface area (Å²) >= 11 is 1.95. The lowest BCUT2D eigenvalue weighted by Crippen LogP contribution is -2.25. The molecule has 1 saturated carbocycles. The highest BCUT2D eigenvalue weighted by Gasteiger charge is 2.41. The minimum Gasteiger partial charge on any atom is -0.462 e. The van der Waals surface area contributed by atoms with Crippen molar-refractivity contribution in [1.82, 2.24) is 5.32 Å². The summed E-state index contributed by atoms with van der Waals surface area (Å²) in [5.74, 6) is 1.54. The van der Waals surface area contributed by atoms with E-state index in [1.54, 1.807) is 0 Å². The van der Waals surface area contributed by atoms with Crippen LogP contribution in [0, 0.1) is 0 Å². The number of nitrogens with one attached hydrogen (secondary N) is 1. The molecule has 0 radical (unpaired) electrons. The maximum atomic E-state index is 8.84. The van der Waals surface area contributed by atoms with Gasteiger partial charge in [-0.2, -0.15) is 11.8 Å². The van der Waals surface area contributed by atoms with Crippen LogP contribution in [0.3, 0.4) is 0 Å². The van der Waals surface area contributed by atoms with E-state index in [2.05, 4.69) is 11.6 Å². The number of thioether (sulfide) groups is 1. The molecule has 1 aliphatic carbocycles. The highest BCUT2D eigenvalue weighted by atomic mass is 32.2. The minimum absolute atomic E-state index is 0.0191. The van der Waals surface area contributed by atoms with Crippen LogP contribution in [0.25, 0.3) is 0 Å². The van der Waals surface area contributed by atoms with Crippen LogP contribution in [0.1, 0.15) is 24.4 Å². The van der Waals surface area contributed by atoms with E-state index in [1.807, 2.05) is 23.9 Å². The molecule has 15 heavy (non-hydrogen) atoms. The van der Waals surface area contributed by atoms with Gasteiger partial charge in [0.2, 0.25) is 0 Å². The summed E-state index contributed by atoms with van der Waals surface area (Å²) in [7, 11) is 0. The fourth-order valence-corrected chi connectivity index (χ4v) is 2.37. The molecule has 0 unspecified atom stereocenters. The number of aliphatic hydroxyl groups is 1. The van der Waals surface area contributed by atoms with Crippen molar-refractivity contribution in [2.75, 3.05) is 12.8 Å². The molecule has 0 spiro atoms. The normalized spacial score (nSPS) is 18.0. The van der Waals surface area contributed by atoms with Gasteiger partial charge in [0.1, 0.15) is 18.1 Å². The van der Waals surface area contributed by atoms with E-state index in [0.717, 1.165) is 18.8 Å². The Labute approximate surface area is 94.2 Å². The second-order valence-corrected chi connectivity index (χ2v) is 5.29. The SMILES string of the molecule is CSC1(CNCc2ccc(CO)o2)CC1. The predicted octanol–water partition coefficient (Wildman–Crippen LogP) is 1.76. The zero-order valence-corrected chi connectivity index (χ0v) is 9.77. The quantitative estimate of drug-likeness (QED) is 0.777. The van der Waals surface area contributed by atoms with Crippen molar-refractivity contribution in [3.63, 3.8) is 0 Å². The second kappa shape index (κ2) is 4.60. The van der Waals surface area contributed by atoms with Gasteiger partial charge in [-0.05, 0) is 31.2 Å². The number of furan rings is 1. The third-order valence-electron chi connectivity index (χ3n) is 2.86. The van der Waals surface area contributed by atoms with E-state index in [0.29, 0.717) is 10.5 Å². The first kappa shape index (κ1) is 11.0. The van der Waals surface area contributed by atoms with E-state index in [1.165, 1.54) is 12.8 Å². The molecule has 2 rings (SSSR count). The number of aliphatic hydroxyl groups excluding tert-OH is 1. The molecule has 0 saturated heterocycles. The van der Waals surface area contributed by atoms with Crippen LogP contribution in [-0.2, 0) is 13.2 Å². The summed E-state index contributed by atoms with van der Waals surface area (Å²) < 4.78 is 5.87. The first-order valence-corrected chi connectivity index (χ1v) is 6.45. The van der Waals surface area contributed by atoms with Gasteiger partial charge in [0.05, 0.1) is 6.54 Å². The van der Waals surface area contributed by atoms with Crippen molar-refractivity contribution in [3.05, 3.63) is 23.7 Å². The molecule has 1 aromatic rings. The largest absolute Gasteiger partial charge is 0.462 e. The molecule has 0 aliphatic heterocycles. The highest BCUT2D eigenvalue weighted by molar-refractivity contribution is 8.00. The Kier molecular flexibility index (Phi) is 3.38. The minimum atomic E-state index is -0.0191. The molecule has 2 N–H and O–H groups in total. The first-order chi connectivity index (χ1) is 7.28. The van der Waals surface area contributed by atoms with Gasteiger partial charge in [0.25, 0.3) is 0 Å². The fourth-order valence-electron chi connectivity index (χ4n) is 1.61. The lowest BCUT2D eigenvalue weighted by Gasteiger charge is -2.11. The van der Waals surface area contributed by atoms with Gasteiger partial charge in [-0.3, -0.25) is 0 Å². The Balaban J connectivity index is 1.73. The molecule has 3 nitrogen and oxygen atoms in total. The smallest absolute Gasteiger partial charge is 0.129 e. The van der Waals surface area contributed by atoms with E-state index in [9.17, 15) is 0 Å². The number of rotatable bonds is 6. The van der Waals surface area contributed by atoms with Crippen LogP contribution in [0.15, 0.2) is 16.5 Å². The Hall–Kier alpha value is -0.450. The molecule has 1 aromatic heterocycles. The average Bonchev–Trinajstić information content (AvgIpc) is 2.89. The highest BCUT2D eigenvalue weighted by Crippen LogP contribution is 2.46. The second-order valence-electron chi connectivity index (χ2n) is 4.02. The van der Waals surface area contributed by atoms with Crippen LogP contribution < -0.4 is 5.32 Å². The third kappa shape index (κ3) is 2.77. The van der Waals surface area contributed by atoms with Gasteiger partial charge in [-0.15, -0.1) is 0 Å². The van der Waals surface area contributed by atoms with Crippen molar-refractivity contribution in [2.24, 2.45) is 0 Å². The van der Waals surface area contributed by atoms with Gasteiger partial charge < -0.3 is 14.8 Å². The zero-order valence-electron chi connectivity index (χ0n) is 8.95. The molecule has 1 aliphatic rings. The molecule has 0 amide bonds. The van der Waals surface area contributed by atoms with Crippen molar-refractivity contribution < 1.29 is 9.52 Å². The Morgan fingerprint density at radius 1 is 1.47 bits per heavy atom. The maximum Gasteiger partial charge on any atom is 0.129 e. The summed E-state index contributed by atoms with van der Waals surface area (Å²) in [5, 5.41) is 12.2. The van der Waals surface area contributed by atoms with Gasteiger partial charge in [-0.1, -0.05) is 0 Å². The molecule has 4 heteroatoms. The summed E-state index contributed by atoms with van der Waals surface area (Å²) in [6.07, 6.45) is 4.81. The standard InChI is InChI=1S/C11H17NO2S/c1-15-11(4-5-11)8-12-6-9-2-3-10(7-13)14-9/h2-3,12-13H,4-8H2,1H3. The van der Waals surface area contributed by atoms with Crippen LogP contribution in [0.2, 0.25) is 0 Å². The predicted molar refractivity (Wildman–Crippen MR) is 61.8 cm³/mol. The van der Waals surface area contributed by atoms with Gasteiger partial charge in [0, 0.05) is 11.3 Å². The van der Waals surface area contributed by atoms with Crippen molar-refractivity contribution in [1.29, 1.82) is 0 Å². The van der Waals surface area contributed by atoms with Crippen LogP contribution in [-0.4, -0.2) is 22.7 Å². The van der Waals surface area contributed by atoms with Gasteiger partial charge in [-0.25, -0.2) is 0 Å². The summed E-state index contributed by atoms with van der Waals surface area (Å²) in [4.78, 5) is 0. The Bertz CT molecular complexity index is 320. The molecule has 0 atom stereocenters. The first-order valence-electron chi connectivity index (χ1n) is 5.22. The Morgan fingerprint density at radius 2 is 2.20 bits per heavy atom. The van der Waals surface area contributed by atoms with Crippen molar-refractivity contribution >= 4 is 11.8 Å². The molecule has 0 bridgehead atoms. The number of hydrogen-bond donors (Lipinski definition) is 2. The zero-order chi connectivity index (χ0) is 10.7. The summed E-state index contributed by atoms with van der Waals surface area (Å²) in [5.41, 5.74) is 0. The summed E-state index contributed by atoms with van der Waals surface area (Å²) in [6.45, 7) is 1.78. The molecule has 1 fully saturated rings. The summed E-state index contributed by atoms with van der Waals surface area (Å²) in [6, 6.07) is 3.73. The molecular formula is C11H17NO2S. The van der Waals surface area contributed by atoms with E-state index in [-0.39, 0.29) is 6.61 Å². The Morgan fingerprint density at radius 3 is 2.73 bits per heavy atom.